The van der Waals surface area contributed by atoms with Crippen LogP contribution in [-0.4, -0.2) is 11.6 Å². The van der Waals surface area contributed by atoms with E-state index in [0.717, 1.165) is 10.8 Å². The van der Waals surface area contributed by atoms with E-state index in [2.05, 4.69) is 25.2 Å². The average molecular weight is 258 g/mol. The van der Waals surface area contributed by atoms with Crippen molar-refractivity contribution in [3.63, 3.8) is 0 Å². The van der Waals surface area contributed by atoms with Crippen LogP contribution in [0, 0.1) is 0 Å². The number of hydrogen-bond donors (Lipinski definition) is 1. The molecule has 1 nitrogen and oxygen atoms in total. The summed E-state index contributed by atoms with van der Waals surface area (Å²) in [5.41, 5.74) is 0.423. The highest BCUT2D eigenvalue weighted by molar-refractivity contribution is 7.16. The monoisotopic (exact) mass is 257 g/mol. The summed E-state index contributed by atoms with van der Waals surface area (Å²) in [4.78, 5) is 1.40. The Morgan fingerprint density at radius 2 is 2.25 bits per heavy atom. The van der Waals surface area contributed by atoms with E-state index in [1.165, 1.54) is 30.6 Å². The van der Waals surface area contributed by atoms with Gasteiger partial charge in [0.15, 0.2) is 0 Å². The number of nitrogens with one attached hydrogen (secondary N) is 1. The molecule has 1 aromatic heterocycles. The van der Waals surface area contributed by atoms with Crippen LogP contribution in [0.4, 0.5) is 0 Å². The second-order valence-electron chi connectivity index (χ2n) is 5.20. The van der Waals surface area contributed by atoms with Crippen LogP contribution in [0.25, 0.3) is 0 Å². The maximum Gasteiger partial charge on any atom is 0.0931 e. The van der Waals surface area contributed by atoms with Gasteiger partial charge in [-0.25, -0.2) is 0 Å². The maximum atomic E-state index is 5.92. The van der Waals surface area contributed by atoms with Crippen LogP contribution in [0.1, 0.15) is 44.4 Å². The minimum Gasteiger partial charge on any atom is -0.309 e. The molecule has 1 aliphatic rings. The van der Waals surface area contributed by atoms with Crippen LogP contribution in [-0.2, 0) is 6.42 Å². The predicted molar refractivity (Wildman–Crippen MR) is 72.5 cm³/mol. The predicted octanol–water partition coefficient (Wildman–Crippen LogP) is 4.25. The molecule has 1 unspecified atom stereocenters. The standard InChI is InChI=1S/C13H20ClNS/c1-10(15-13(2)8-3-9-13)4-5-11-6-7-12(14)16-11/h6-7,10,15H,3-5,8-9H2,1-2H3. The van der Waals surface area contributed by atoms with Crippen molar-refractivity contribution in [3.8, 4) is 0 Å². The summed E-state index contributed by atoms with van der Waals surface area (Å²) in [6, 6.07) is 4.74. The van der Waals surface area contributed by atoms with Crippen molar-refractivity contribution < 1.29 is 0 Å². The van der Waals surface area contributed by atoms with E-state index in [1.54, 1.807) is 11.3 Å². The topological polar surface area (TPSA) is 12.0 Å². The SMILES string of the molecule is CC(CCc1ccc(Cl)s1)NC1(C)CCC1. The Morgan fingerprint density at radius 1 is 1.50 bits per heavy atom. The molecule has 1 atom stereocenters. The third-order valence-electron chi connectivity index (χ3n) is 3.50. The van der Waals surface area contributed by atoms with Crippen LogP contribution in [0.15, 0.2) is 12.1 Å². The van der Waals surface area contributed by atoms with Crippen LogP contribution >= 0.6 is 22.9 Å². The van der Waals surface area contributed by atoms with E-state index >= 15 is 0 Å². The third kappa shape index (κ3) is 3.22. The molecule has 3 heteroatoms. The van der Waals surface area contributed by atoms with Gasteiger partial charge in [0.05, 0.1) is 4.34 Å². The lowest BCUT2D eigenvalue weighted by Crippen LogP contribution is -2.51. The zero-order chi connectivity index (χ0) is 11.6. The van der Waals surface area contributed by atoms with Crippen LogP contribution in [0.3, 0.4) is 0 Å². The third-order valence-corrected chi connectivity index (χ3v) is 4.80. The minimum atomic E-state index is 0.423. The van der Waals surface area contributed by atoms with Gasteiger partial charge in [0.2, 0.25) is 0 Å². The molecule has 90 valence electrons. The van der Waals surface area contributed by atoms with Crippen LogP contribution in [0.2, 0.25) is 4.34 Å². The number of rotatable bonds is 5. The van der Waals surface area contributed by atoms with E-state index in [9.17, 15) is 0 Å². The fourth-order valence-electron chi connectivity index (χ4n) is 2.36. The van der Waals surface area contributed by atoms with Gasteiger partial charge in [-0.15, -0.1) is 11.3 Å². The molecule has 16 heavy (non-hydrogen) atoms. The summed E-state index contributed by atoms with van der Waals surface area (Å²) in [7, 11) is 0. The molecule has 2 rings (SSSR count). The van der Waals surface area contributed by atoms with Crippen molar-refractivity contribution in [1.82, 2.24) is 5.32 Å². The van der Waals surface area contributed by atoms with Gasteiger partial charge >= 0.3 is 0 Å². The fraction of sp³-hybridized carbons (Fsp3) is 0.692. The molecule has 1 heterocycles. The van der Waals surface area contributed by atoms with Crippen molar-refractivity contribution >= 4 is 22.9 Å². The van der Waals surface area contributed by atoms with Gasteiger partial charge in [-0.2, -0.15) is 0 Å². The quantitative estimate of drug-likeness (QED) is 0.831. The zero-order valence-electron chi connectivity index (χ0n) is 10.1. The molecule has 0 spiro atoms. The Morgan fingerprint density at radius 3 is 2.75 bits per heavy atom. The molecular weight excluding hydrogens is 238 g/mol. The Labute approximate surface area is 107 Å². The zero-order valence-corrected chi connectivity index (χ0v) is 11.6. The summed E-state index contributed by atoms with van der Waals surface area (Å²) >= 11 is 7.62. The lowest BCUT2D eigenvalue weighted by atomic mass is 9.78. The summed E-state index contributed by atoms with van der Waals surface area (Å²) in [5.74, 6) is 0. The van der Waals surface area contributed by atoms with Crippen molar-refractivity contribution in [2.45, 2.75) is 57.5 Å². The largest absolute Gasteiger partial charge is 0.309 e. The van der Waals surface area contributed by atoms with E-state index in [4.69, 9.17) is 11.6 Å². The highest BCUT2D eigenvalue weighted by Crippen LogP contribution is 2.32. The Kier molecular flexibility index (Phi) is 3.93. The summed E-state index contributed by atoms with van der Waals surface area (Å²) in [5, 5.41) is 3.74. The van der Waals surface area contributed by atoms with Gasteiger partial charge < -0.3 is 5.32 Å². The molecule has 0 bridgehead atoms. The first kappa shape index (κ1) is 12.4. The van der Waals surface area contributed by atoms with Crippen LogP contribution < -0.4 is 5.32 Å². The lowest BCUT2D eigenvalue weighted by Gasteiger charge is -2.41. The van der Waals surface area contributed by atoms with Crippen LogP contribution in [0.5, 0.6) is 0 Å². The minimum absolute atomic E-state index is 0.423. The molecular formula is C13H20ClNS. The Balaban J connectivity index is 1.73. The van der Waals surface area contributed by atoms with Crippen molar-refractivity contribution in [3.05, 3.63) is 21.3 Å². The van der Waals surface area contributed by atoms with Gasteiger partial charge in [0, 0.05) is 16.5 Å². The number of thiophene rings is 1. The fourth-order valence-corrected chi connectivity index (χ4v) is 3.47. The molecule has 0 saturated heterocycles. The molecule has 0 aliphatic heterocycles. The molecule has 1 saturated carbocycles. The van der Waals surface area contributed by atoms with E-state index in [1.807, 2.05) is 6.07 Å². The Hall–Kier alpha value is -0.0500. The summed E-state index contributed by atoms with van der Waals surface area (Å²) in [6.45, 7) is 4.63. The van der Waals surface area contributed by atoms with Gasteiger partial charge in [0.25, 0.3) is 0 Å². The molecule has 1 fully saturated rings. The van der Waals surface area contributed by atoms with E-state index in [-0.39, 0.29) is 0 Å². The smallest absolute Gasteiger partial charge is 0.0931 e. The first-order chi connectivity index (χ1) is 7.57. The lowest BCUT2D eigenvalue weighted by molar-refractivity contribution is 0.186. The van der Waals surface area contributed by atoms with Crippen molar-refractivity contribution in [1.29, 1.82) is 0 Å². The van der Waals surface area contributed by atoms with Gasteiger partial charge in [0.1, 0.15) is 0 Å². The second-order valence-corrected chi connectivity index (χ2v) is 7.00. The van der Waals surface area contributed by atoms with Gasteiger partial charge in [-0.1, -0.05) is 11.6 Å². The molecule has 0 radical (unpaired) electrons. The average Bonchev–Trinajstić information content (AvgIpc) is 2.59. The van der Waals surface area contributed by atoms with Crippen molar-refractivity contribution in [2.24, 2.45) is 0 Å². The number of hydrogen-bond acceptors (Lipinski definition) is 2. The first-order valence-corrected chi connectivity index (χ1v) is 7.29. The highest BCUT2D eigenvalue weighted by atomic mass is 35.5. The van der Waals surface area contributed by atoms with E-state index < -0.39 is 0 Å². The van der Waals surface area contributed by atoms with Gasteiger partial charge in [-0.3, -0.25) is 0 Å². The summed E-state index contributed by atoms with van der Waals surface area (Å²) < 4.78 is 0.904. The number of halogens is 1. The highest BCUT2D eigenvalue weighted by Gasteiger charge is 2.32. The molecule has 1 N–H and O–H groups in total. The normalized spacial score (nSPS) is 20.4. The first-order valence-electron chi connectivity index (χ1n) is 6.09. The molecule has 1 aliphatic carbocycles. The Bertz CT molecular complexity index is 343. The molecule has 1 aromatic rings. The second kappa shape index (κ2) is 5.07. The summed E-state index contributed by atoms with van der Waals surface area (Å²) in [6.07, 6.45) is 6.40. The number of aryl methyl sites for hydroxylation is 1. The molecule has 0 aromatic carbocycles. The van der Waals surface area contributed by atoms with E-state index in [0.29, 0.717) is 11.6 Å². The van der Waals surface area contributed by atoms with Gasteiger partial charge in [-0.05, 0) is 58.1 Å². The molecule has 0 amide bonds. The van der Waals surface area contributed by atoms with Crippen molar-refractivity contribution in [2.75, 3.05) is 0 Å². The maximum absolute atomic E-state index is 5.92.